The Morgan fingerprint density at radius 1 is 0.972 bits per heavy atom. The standard InChI is InChI=1S/C27H22FN7O/c1-16-9-10-22(31-15-16)26-34-33-25(35(26)23-8-3-2-6-20(23)28)17-13-18(14-17)32-27(36)19-5-4-7-21-24(19)30-12-11-29-21/h2-12,15,17-18H,13-14H2,1H3,(H,32,36). The zero-order chi connectivity index (χ0) is 24.6. The van der Waals surface area contributed by atoms with E-state index in [0.717, 1.165) is 5.56 Å². The average molecular weight is 480 g/mol. The van der Waals surface area contributed by atoms with Gasteiger partial charge in [0.05, 0.1) is 16.8 Å². The van der Waals surface area contributed by atoms with Crippen LogP contribution in [0.3, 0.4) is 0 Å². The molecule has 0 radical (unpaired) electrons. The molecule has 8 nitrogen and oxygen atoms in total. The monoisotopic (exact) mass is 479 g/mol. The van der Waals surface area contributed by atoms with Crippen LogP contribution in [0.5, 0.6) is 0 Å². The van der Waals surface area contributed by atoms with Crippen molar-refractivity contribution >= 4 is 16.9 Å². The maximum atomic E-state index is 14.9. The van der Waals surface area contributed by atoms with Gasteiger partial charge in [0, 0.05) is 30.6 Å². The molecular formula is C27H22FN7O. The third-order valence-corrected chi connectivity index (χ3v) is 6.50. The Balaban J connectivity index is 1.26. The predicted molar refractivity (Wildman–Crippen MR) is 132 cm³/mol. The first kappa shape index (κ1) is 22.0. The maximum Gasteiger partial charge on any atom is 0.253 e. The van der Waals surface area contributed by atoms with Gasteiger partial charge in [0.25, 0.3) is 5.91 Å². The fourth-order valence-corrected chi connectivity index (χ4v) is 4.58. The molecule has 0 aliphatic heterocycles. The summed E-state index contributed by atoms with van der Waals surface area (Å²) in [6.45, 7) is 1.96. The van der Waals surface area contributed by atoms with Crippen LogP contribution in [0.25, 0.3) is 28.2 Å². The minimum Gasteiger partial charge on any atom is -0.349 e. The van der Waals surface area contributed by atoms with Crippen molar-refractivity contribution in [3.05, 3.63) is 96.0 Å². The van der Waals surface area contributed by atoms with Crippen LogP contribution in [0.1, 0.15) is 40.5 Å². The smallest absolute Gasteiger partial charge is 0.253 e. The SMILES string of the molecule is Cc1ccc(-c2nnc(C3CC(NC(=O)c4cccc5nccnc45)C3)n2-c2ccccc2F)nc1. The third-order valence-electron chi connectivity index (χ3n) is 6.50. The summed E-state index contributed by atoms with van der Waals surface area (Å²) in [7, 11) is 0. The van der Waals surface area contributed by atoms with Crippen LogP contribution < -0.4 is 5.32 Å². The first-order valence-corrected chi connectivity index (χ1v) is 11.7. The van der Waals surface area contributed by atoms with Crippen LogP contribution in [0.4, 0.5) is 4.39 Å². The van der Waals surface area contributed by atoms with Crippen molar-refractivity contribution in [3.63, 3.8) is 0 Å². The minimum absolute atomic E-state index is 0.00825. The van der Waals surface area contributed by atoms with Gasteiger partial charge in [0.1, 0.15) is 22.9 Å². The van der Waals surface area contributed by atoms with Crippen molar-refractivity contribution in [2.45, 2.75) is 31.7 Å². The molecule has 6 rings (SSSR count). The molecule has 0 saturated heterocycles. The van der Waals surface area contributed by atoms with Crippen LogP contribution >= 0.6 is 0 Å². The number of rotatable bonds is 5. The average Bonchev–Trinajstić information content (AvgIpc) is 3.30. The lowest BCUT2D eigenvalue weighted by Crippen LogP contribution is -2.44. The van der Waals surface area contributed by atoms with Gasteiger partial charge in [-0.1, -0.05) is 24.3 Å². The van der Waals surface area contributed by atoms with E-state index in [1.54, 1.807) is 53.5 Å². The summed E-state index contributed by atoms with van der Waals surface area (Å²) < 4.78 is 16.6. The molecule has 0 bridgehead atoms. The molecule has 1 fully saturated rings. The van der Waals surface area contributed by atoms with Crippen molar-refractivity contribution in [2.75, 3.05) is 0 Å². The molecular weight excluding hydrogens is 457 g/mol. The van der Waals surface area contributed by atoms with Crippen LogP contribution in [0.2, 0.25) is 0 Å². The molecule has 0 unspecified atom stereocenters. The fourth-order valence-electron chi connectivity index (χ4n) is 4.58. The number of halogens is 1. The van der Waals surface area contributed by atoms with E-state index in [-0.39, 0.29) is 23.7 Å². The quantitative estimate of drug-likeness (QED) is 0.401. The highest BCUT2D eigenvalue weighted by atomic mass is 19.1. The van der Waals surface area contributed by atoms with E-state index in [2.05, 4.69) is 30.5 Å². The first-order chi connectivity index (χ1) is 17.6. The number of pyridine rings is 1. The predicted octanol–water partition coefficient (Wildman–Crippen LogP) is 4.40. The molecule has 36 heavy (non-hydrogen) atoms. The molecule has 0 spiro atoms. The molecule has 5 aromatic rings. The van der Waals surface area contributed by atoms with Gasteiger partial charge in [-0.3, -0.25) is 24.3 Å². The zero-order valence-electron chi connectivity index (χ0n) is 19.5. The van der Waals surface area contributed by atoms with E-state index in [1.165, 1.54) is 6.07 Å². The molecule has 1 saturated carbocycles. The Labute approximate surface area is 206 Å². The summed E-state index contributed by atoms with van der Waals surface area (Å²) in [6, 6.07) is 15.7. The van der Waals surface area contributed by atoms with Crippen molar-refractivity contribution in [3.8, 4) is 17.2 Å². The zero-order valence-corrected chi connectivity index (χ0v) is 19.5. The molecule has 178 valence electrons. The Morgan fingerprint density at radius 3 is 2.61 bits per heavy atom. The summed E-state index contributed by atoms with van der Waals surface area (Å²) in [5, 5.41) is 11.9. The lowest BCUT2D eigenvalue weighted by atomic mass is 9.79. The maximum absolute atomic E-state index is 14.9. The van der Waals surface area contributed by atoms with E-state index < -0.39 is 0 Å². The second-order valence-electron chi connectivity index (χ2n) is 8.96. The lowest BCUT2D eigenvalue weighted by molar-refractivity contribution is 0.0908. The number of carbonyl (C=O) groups is 1. The Bertz CT molecular complexity index is 1570. The minimum atomic E-state index is -0.367. The lowest BCUT2D eigenvalue weighted by Gasteiger charge is -2.35. The Morgan fingerprint density at radius 2 is 1.81 bits per heavy atom. The van der Waals surface area contributed by atoms with Crippen molar-refractivity contribution < 1.29 is 9.18 Å². The van der Waals surface area contributed by atoms with Gasteiger partial charge in [0.2, 0.25) is 0 Å². The Hall–Kier alpha value is -4.53. The first-order valence-electron chi connectivity index (χ1n) is 11.7. The van der Waals surface area contributed by atoms with Crippen molar-refractivity contribution in [2.24, 2.45) is 0 Å². The number of nitrogens with zero attached hydrogens (tertiary/aromatic N) is 6. The number of hydrogen-bond acceptors (Lipinski definition) is 6. The van der Waals surface area contributed by atoms with E-state index in [4.69, 9.17) is 0 Å². The number of aromatic nitrogens is 6. The molecule has 1 N–H and O–H groups in total. The summed E-state index contributed by atoms with van der Waals surface area (Å²) in [4.78, 5) is 26.1. The molecule has 1 amide bonds. The van der Waals surface area contributed by atoms with Crippen molar-refractivity contribution in [1.82, 2.24) is 35.0 Å². The van der Waals surface area contributed by atoms with Crippen LogP contribution in [-0.4, -0.2) is 41.7 Å². The summed E-state index contributed by atoms with van der Waals surface area (Å²) in [5.41, 5.74) is 3.74. The van der Waals surface area contributed by atoms with Gasteiger partial charge in [-0.15, -0.1) is 10.2 Å². The molecule has 1 aliphatic carbocycles. The largest absolute Gasteiger partial charge is 0.349 e. The second-order valence-corrected chi connectivity index (χ2v) is 8.96. The number of amides is 1. The molecule has 9 heteroatoms. The normalized spacial score (nSPS) is 17.1. The van der Waals surface area contributed by atoms with E-state index >= 15 is 0 Å². The number of benzene rings is 2. The van der Waals surface area contributed by atoms with Gasteiger partial charge in [0.15, 0.2) is 5.82 Å². The highest BCUT2D eigenvalue weighted by molar-refractivity contribution is 6.04. The number of aryl methyl sites for hydroxylation is 1. The number of nitrogens with one attached hydrogen (secondary N) is 1. The topological polar surface area (TPSA) is 98.5 Å². The van der Waals surface area contributed by atoms with Gasteiger partial charge in [-0.05, 0) is 55.7 Å². The van der Waals surface area contributed by atoms with Crippen LogP contribution in [0, 0.1) is 12.7 Å². The van der Waals surface area contributed by atoms with Gasteiger partial charge >= 0.3 is 0 Å². The summed E-state index contributed by atoms with van der Waals surface area (Å²) >= 11 is 0. The highest BCUT2D eigenvalue weighted by Gasteiger charge is 2.36. The second kappa shape index (κ2) is 8.92. The molecule has 0 atom stereocenters. The van der Waals surface area contributed by atoms with E-state index in [1.807, 2.05) is 25.1 Å². The summed E-state index contributed by atoms with van der Waals surface area (Å²) in [5.74, 6) is 0.586. The number of para-hydroxylation sites is 2. The fraction of sp³-hybridized carbons (Fsp3) is 0.185. The van der Waals surface area contributed by atoms with Crippen LogP contribution in [-0.2, 0) is 0 Å². The number of fused-ring (bicyclic) bond motifs is 1. The van der Waals surface area contributed by atoms with Crippen LogP contribution in [0.15, 0.2) is 73.2 Å². The number of carbonyl (C=O) groups excluding carboxylic acids is 1. The highest BCUT2D eigenvalue weighted by Crippen LogP contribution is 2.39. The third kappa shape index (κ3) is 3.88. The Kier molecular flexibility index (Phi) is 5.44. The number of hydrogen-bond donors (Lipinski definition) is 1. The van der Waals surface area contributed by atoms with E-state index in [9.17, 15) is 9.18 Å². The summed E-state index contributed by atoms with van der Waals surface area (Å²) in [6.07, 6.45) is 6.26. The molecule has 3 aromatic heterocycles. The molecule has 3 heterocycles. The van der Waals surface area contributed by atoms with Crippen molar-refractivity contribution in [1.29, 1.82) is 0 Å². The van der Waals surface area contributed by atoms with Gasteiger partial charge in [-0.25, -0.2) is 4.39 Å². The van der Waals surface area contributed by atoms with Gasteiger partial charge in [-0.2, -0.15) is 0 Å². The van der Waals surface area contributed by atoms with Gasteiger partial charge < -0.3 is 5.32 Å². The molecule has 1 aliphatic rings. The molecule has 2 aromatic carbocycles. The van der Waals surface area contributed by atoms with E-state index in [0.29, 0.717) is 52.5 Å².